The van der Waals surface area contributed by atoms with Crippen LogP contribution < -0.4 is 15.8 Å². The zero-order valence-electron chi connectivity index (χ0n) is 14.4. The summed E-state index contributed by atoms with van der Waals surface area (Å²) < 4.78 is 5.71. The number of thioether (sulfide) groups is 1. The molecule has 5 nitrogen and oxygen atoms in total. The monoisotopic (exact) mass is 358 g/mol. The van der Waals surface area contributed by atoms with E-state index in [0.717, 1.165) is 16.2 Å². The first-order chi connectivity index (χ1) is 12.0. The normalized spacial score (nSPS) is 10.3. The van der Waals surface area contributed by atoms with E-state index in [2.05, 4.69) is 11.4 Å². The Morgan fingerprint density at radius 2 is 1.92 bits per heavy atom. The van der Waals surface area contributed by atoms with Gasteiger partial charge in [0.15, 0.2) is 0 Å². The van der Waals surface area contributed by atoms with E-state index in [1.165, 1.54) is 17.3 Å². The van der Waals surface area contributed by atoms with Gasteiger partial charge in [0.05, 0.1) is 17.9 Å². The van der Waals surface area contributed by atoms with Gasteiger partial charge in [0.25, 0.3) is 5.91 Å². The van der Waals surface area contributed by atoms with Crippen LogP contribution in [0, 0.1) is 13.8 Å². The van der Waals surface area contributed by atoms with Crippen molar-refractivity contribution in [2.75, 3.05) is 18.9 Å². The van der Waals surface area contributed by atoms with Crippen molar-refractivity contribution >= 4 is 23.6 Å². The lowest BCUT2D eigenvalue weighted by atomic mass is 10.1. The van der Waals surface area contributed by atoms with Crippen LogP contribution in [0.15, 0.2) is 47.4 Å². The third-order valence-electron chi connectivity index (χ3n) is 3.48. The van der Waals surface area contributed by atoms with Crippen molar-refractivity contribution in [3.63, 3.8) is 0 Å². The van der Waals surface area contributed by atoms with Gasteiger partial charge in [0.2, 0.25) is 5.91 Å². The highest BCUT2D eigenvalue weighted by Gasteiger charge is 2.11. The molecular weight excluding hydrogens is 336 g/mol. The average molecular weight is 358 g/mol. The van der Waals surface area contributed by atoms with E-state index >= 15 is 0 Å². The predicted molar refractivity (Wildman–Crippen MR) is 100 cm³/mol. The zero-order valence-corrected chi connectivity index (χ0v) is 15.2. The van der Waals surface area contributed by atoms with Crippen molar-refractivity contribution in [1.82, 2.24) is 5.32 Å². The van der Waals surface area contributed by atoms with E-state index < -0.39 is 5.91 Å². The van der Waals surface area contributed by atoms with Crippen molar-refractivity contribution < 1.29 is 14.3 Å². The number of nitrogens with two attached hydrogens (primary N) is 1. The van der Waals surface area contributed by atoms with Crippen molar-refractivity contribution in [2.24, 2.45) is 5.73 Å². The quantitative estimate of drug-likeness (QED) is 0.561. The summed E-state index contributed by atoms with van der Waals surface area (Å²) in [6.45, 7) is 4.80. The fourth-order valence-corrected chi connectivity index (χ4v) is 3.10. The van der Waals surface area contributed by atoms with Crippen LogP contribution in [-0.4, -0.2) is 30.7 Å². The SMILES string of the molecule is Cc1ccc(OCCNC(=O)c2ccccc2SCC(N)=O)c(C)c1. The molecule has 2 amide bonds. The minimum absolute atomic E-state index is 0.139. The molecule has 0 heterocycles. The van der Waals surface area contributed by atoms with Crippen LogP contribution in [-0.2, 0) is 4.79 Å². The van der Waals surface area contributed by atoms with Gasteiger partial charge < -0.3 is 15.8 Å². The van der Waals surface area contributed by atoms with Gasteiger partial charge in [0, 0.05) is 4.90 Å². The largest absolute Gasteiger partial charge is 0.491 e. The molecule has 0 aliphatic carbocycles. The summed E-state index contributed by atoms with van der Waals surface area (Å²) >= 11 is 1.26. The Balaban J connectivity index is 1.87. The molecule has 0 aromatic heterocycles. The second-order valence-electron chi connectivity index (χ2n) is 5.62. The molecule has 0 aliphatic rings. The third-order valence-corrected chi connectivity index (χ3v) is 4.57. The molecule has 0 atom stereocenters. The summed E-state index contributed by atoms with van der Waals surface area (Å²) in [5.74, 6) is 0.344. The van der Waals surface area contributed by atoms with E-state index in [9.17, 15) is 9.59 Å². The fraction of sp³-hybridized carbons (Fsp3) is 0.263. The number of carbonyl (C=O) groups excluding carboxylic acids is 2. The highest BCUT2D eigenvalue weighted by Crippen LogP contribution is 2.22. The number of primary amides is 1. The van der Waals surface area contributed by atoms with Gasteiger partial charge in [-0.3, -0.25) is 9.59 Å². The van der Waals surface area contributed by atoms with Crippen LogP contribution in [0.1, 0.15) is 21.5 Å². The number of benzene rings is 2. The molecule has 0 aliphatic heterocycles. The number of rotatable bonds is 8. The van der Waals surface area contributed by atoms with E-state index in [4.69, 9.17) is 10.5 Å². The van der Waals surface area contributed by atoms with E-state index in [1.54, 1.807) is 18.2 Å². The molecule has 6 heteroatoms. The van der Waals surface area contributed by atoms with Gasteiger partial charge >= 0.3 is 0 Å². The molecule has 0 saturated carbocycles. The minimum atomic E-state index is -0.415. The molecular formula is C19H22N2O3S. The molecule has 25 heavy (non-hydrogen) atoms. The summed E-state index contributed by atoms with van der Waals surface area (Å²) in [5.41, 5.74) is 7.95. The molecule has 0 spiro atoms. The minimum Gasteiger partial charge on any atom is -0.491 e. The number of carbonyl (C=O) groups is 2. The Kier molecular flexibility index (Phi) is 6.89. The molecule has 3 N–H and O–H groups in total. The van der Waals surface area contributed by atoms with E-state index in [0.29, 0.717) is 18.7 Å². The first-order valence-corrected chi connectivity index (χ1v) is 8.94. The maximum absolute atomic E-state index is 12.3. The first-order valence-electron chi connectivity index (χ1n) is 7.96. The van der Waals surface area contributed by atoms with Crippen molar-refractivity contribution in [3.8, 4) is 5.75 Å². The predicted octanol–water partition coefficient (Wildman–Crippen LogP) is 2.69. The van der Waals surface area contributed by atoms with Gasteiger partial charge in [-0.25, -0.2) is 0 Å². The van der Waals surface area contributed by atoms with Crippen molar-refractivity contribution in [1.29, 1.82) is 0 Å². The highest BCUT2D eigenvalue weighted by atomic mass is 32.2. The third kappa shape index (κ3) is 5.83. The van der Waals surface area contributed by atoms with Gasteiger partial charge in [-0.15, -0.1) is 11.8 Å². The number of hydrogen-bond donors (Lipinski definition) is 2. The van der Waals surface area contributed by atoms with Crippen LogP contribution in [0.25, 0.3) is 0 Å². The van der Waals surface area contributed by atoms with Crippen LogP contribution >= 0.6 is 11.8 Å². The number of hydrogen-bond acceptors (Lipinski definition) is 4. The highest BCUT2D eigenvalue weighted by molar-refractivity contribution is 8.00. The molecule has 2 rings (SSSR count). The lowest BCUT2D eigenvalue weighted by Gasteiger charge is -2.12. The Bertz CT molecular complexity index is 762. The number of aryl methyl sites for hydroxylation is 2. The zero-order chi connectivity index (χ0) is 18.2. The molecule has 0 fully saturated rings. The Morgan fingerprint density at radius 3 is 2.64 bits per heavy atom. The molecule has 0 unspecified atom stereocenters. The Hall–Kier alpha value is -2.47. The van der Waals surface area contributed by atoms with Crippen LogP contribution in [0.3, 0.4) is 0 Å². The molecule has 132 valence electrons. The number of nitrogens with one attached hydrogen (secondary N) is 1. The van der Waals surface area contributed by atoms with Gasteiger partial charge in [-0.05, 0) is 37.6 Å². The van der Waals surface area contributed by atoms with Crippen molar-refractivity contribution in [2.45, 2.75) is 18.7 Å². The summed E-state index contributed by atoms with van der Waals surface area (Å²) in [5, 5.41) is 2.83. The van der Waals surface area contributed by atoms with Gasteiger partial charge in [-0.1, -0.05) is 29.8 Å². The van der Waals surface area contributed by atoms with Gasteiger partial charge in [-0.2, -0.15) is 0 Å². The second-order valence-corrected chi connectivity index (χ2v) is 6.64. The average Bonchev–Trinajstić information content (AvgIpc) is 2.58. The summed E-state index contributed by atoms with van der Waals surface area (Å²) in [6, 6.07) is 13.1. The summed E-state index contributed by atoms with van der Waals surface area (Å²) in [7, 11) is 0. The van der Waals surface area contributed by atoms with Crippen LogP contribution in [0.5, 0.6) is 5.75 Å². The second kappa shape index (κ2) is 9.13. The molecule has 0 radical (unpaired) electrons. The standard InChI is InChI=1S/C19H22N2O3S/c1-13-7-8-16(14(2)11-13)24-10-9-21-19(23)15-5-3-4-6-17(15)25-12-18(20)22/h3-8,11H,9-10,12H2,1-2H3,(H2,20,22)(H,21,23). The topological polar surface area (TPSA) is 81.4 Å². The number of amides is 2. The Morgan fingerprint density at radius 1 is 1.16 bits per heavy atom. The molecule has 0 saturated heterocycles. The maximum atomic E-state index is 12.3. The Labute approximate surface area is 151 Å². The maximum Gasteiger partial charge on any atom is 0.252 e. The van der Waals surface area contributed by atoms with Crippen LogP contribution in [0.2, 0.25) is 0 Å². The molecule has 2 aromatic rings. The fourth-order valence-electron chi connectivity index (χ4n) is 2.31. The lowest BCUT2D eigenvalue weighted by molar-refractivity contribution is -0.115. The summed E-state index contributed by atoms with van der Waals surface area (Å²) in [6.07, 6.45) is 0. The molecule has 0 bridgehead atoms. The smallest absolute Gasteiger partial charge is 0.252 e. The lowest BCUT2D eigenvalue weighted by Crippen LogP contribution is -2.28. The van der Waals surface area contributed by atoms with E-state index in [1.807, 2.05) is 32.0 Å². The summed E-state index contributed by atoms with van der Waals surface area (Å²) in [4.78, 5) is 24.0. The first kappa shape index (κ1) is 18.9. The molecule has 2 aromatic carbocycles. The van der Waals surface area contributed by atoms with Crippen LogP contribution in [0.4, 0.5) is 0 Å². The van der Waals surface area contributed by atoms with Gasteiger partial charge in [0.1, 0.15) is 12.4 Å². The van der Waals surface area contributed by atoms with E-state index in [-0.39, 0.29) is 11.7 Å². The number of ether oxygens (including phenoxy) is 1. The van der Waals surface area contributed by atoms with Crippen molar-refractivity contribution in [3.05, 3.63) is 59.2 Å².